The van der Waals surface area contributed by atoms with E-state index in [9.17, 15) is 18.0 Å². The molecule has 1 atom stereocenters. The second-order valence-electron chi connectivity index (χ2n) is 3.79. The van der Waals surface area contributed by atoms with Crippen LogP contribution in [0.4, 0.5) is 18.9 Å². The van der Waals surface area contributed by atoms with Crippen LogP contribution in [0.15, 0.2) is 12.1 Å². The summed E-state index contributed by atoms with van der Waals surface area (Å²) >= 11 is 0. The Morgan fingerprint density at radius 3 is 2.59 bits per heavy atom. The Bertz CT molecular complexity index is 421. The topological polar surface area (TPSA) is 55.1 Å². The Morgan fingerprint density at radius 2 is 2.00 bits per heavy atom. The largest absolute Gasteiger partial charge is 0.328 e. The fraction of sp³-hybridized carbons (Fsp3) is 0.364. The average Bonchev–Trinajstić information content (AvgIpc) is 2.27. The number of hydrogen-bond acceptors (Lipinski definition) is 2. The standard InChI is InChI=1S/C11H13F3N2O/c1-6(15)2-5-9(17)16-8-4-3-7(12)10(13)11(8)14/h3-4,6H,2,5,15H2,1H3,(H,16,17). The molecule has 0 spiro atoms. The molecule has 1 unspecified atom stereocenters. The van der Waals surface area contributed by atoms with Crippen LogP contribution in [-0.4, -0.2) is 11.9 Å². The van der Waals surface area contributed by atoms with Crippen LogP contribution in [0.2, 0.25) is 0 Å². The maximum atomic E-state index is 13.2. The molecule has 0 aliphatic heterocycles. The summed E-state index contributed by atoms with van der Waals surface area (Å²) in [5.41, 5.74) is 5.07. The lowest BCUT2D eigenvalue weighted by Gasteiger charge is -2.08. The SMILES string of the molecule is CC(N)CCC(=O)Nc1ccc(F)c(F)c1F. The number of rotatable bonds is 4. The first-order valence-corrected chi connectivity index (χ1v) is 5.10. The van der Waals surface area contributed by atoms with Gasteiger partial charge in [-0.15, -0.1) is 0 Å². The van der Waals surface area contributed by atoms with Gasteiger partial charge in [-0.25, -0.2) is 13.2 Å². The predicted molar refractivity (Wildman–Crippen MR) is 57.8 cm³/mol. The molecule has 0 fully saturated rings. The van der Waals surface area contributed by atoms with Crippen LogP contribution in [0.1, 0.15) is 19.8 Å². The van der Waals surface area contributed by atoms with E-state index in [0.717, 1.165) is 12.1 Å². The highest BCUT2D eigenvalue weighted by atomic mass is 19.2. The quantitative estimate of drug-likeness (QED) is 0.800. The van der Waals surface area contributed by atoms with Gasteiger partial charge in [-0.1, -0.05) is 0 Å². The molecule has 1 rings (SSSR count). The summed E-state index contributed by atoms with van der Waals surface area (Å²) in [6.07, 6.45) is 0.521. The molecule has 0 saturated carbocycles. The van der Waals surface area contributed by atoms with Crippen molar-refractivity contribution >= 4 is 11.6 Å². The number of halogens is 3. The number of amides is 1. The summed E-state index contributed by atoms with van der Waals surface area (Å²) in [7, 11) is 0. The van der Waals surface area contributed by atoms with Crippen molar-refractivity contribution in [2.45, 2.75) is 25.8 Å². The van der Waals surface area contributed by atoms with Crippen molar-refractivity contribution in [2.75, 3.05) is 5.32 Å². The van der Waals surface area contributed by atoms with Crippen LogP contribution >= 0.6 is 0 Å². The van der Waals surface area contributed by atoms with E-state index in [2.05, 4.69) is 5.32 Å². The zero-order valence-corrected chi connectivity index (χ0v) is 9.27. The van der Waals surface area contributed by atoms with Crippen LogP contribution in [0.25, 0.3) is 0 Å². The number of anilines is 1. The van der Waals surface area contributed by atoms with Crippen LogP contribution < -0.4 is 11.1 Å². The summed E-state index contributed by atoms with van der Waals surface area (Å²) in [6, 6.07) is 1.56. The molecule has 3 nitrogen and oxygen atoms in total. The third-order valence-corrected chi connectivity index (χ3v) is 2.14. The maximum Gasteiger partial charge on any atom is 0.224 e. The van der Waals surface area contributed by atoms with E-state index in [-0.39, 0.29) is 18.2 Å². The van der Waals surface area contributed by atoms with Gasteiger partial charge in [-0.05, 0) is 25.5 Å². The first kappa shape index (κ1) is 13.5. The Morgan fingerprint density at radius 1 is 1.35 bits per heavy atom. The molecular formula is C11H13F3N2O. The molecule has 17 heavy (non-hydrogen) atoms. The van der Waals surface area contributed by atoms with Crippen LogP contribution in [0, 0.1) is 17.5 Å². The summed E-state index contributed by atoms with van der Waals surface area (Å²) < 4.78 is 38.6. The van der Waals surface area contributed by atoms with Crippen molar-refractivity contribution < 1.29 is 18.0 Å². The van der Waals surface area contributed by atoms with Gasteiger partial charge in [0.05, 0.1) is 5.69 Å². The van der Waals surface area contributed by atoms with Gasteiger partial charge in [-0.3, -0.25) is 4.79 Å². The first-order valence-electron chi connectivity index (χ1n) is 5.10. The third-order valence-electron chi connectivity index (χ3n) is 2.14. The molecule has 0 heterocycles. The van der Waals surface area contributed by atoms with E-state index in [1.807, 2.05) is 0 Å². The van der Waals surface area contributed by atoms with Crippen molar-refractivity contribution in [3.63, 3.8) is 0 Å². The second kappa shape index (κ2) is 5.67. The number of nitrogens with one attached hydrogen (secondary N) is 1. The van der Waals surface area contributed by atoms with E-state index in [1.165, 1.54) is 0 Å². The summed E-state index contributed by atoms with van der Waals surface area (Å²) in [4.78, 5) is 11.3. The minimum atomic E-state index is -1.60. The van der Waals surface area contributed by atoms with Gasteiger partial charge in [0, 0.05) is 12.5 Å². The zero-order chi connectivity index (χ0) is 13.0. The summed E-state index contributed by atoms with van der Waals surface area (Å²) in [6.45, 7) is 1.73. The number of carbonyl (C=O) groups is 1. The third kappa shape index (κ3) is 3.74. The first-order chi connectivity index (χ1) is 7.91. The molecule has 1 amide bonds. The average molecular weight is 246 g/mol. The molecule has 94 valence electrons. The Labute approximate surface area is 96.8 Å². The normalized spacial score (nSPS) is 12.3. The van der Waals surface area contributed by atoms with E-state index in [0.29, 0.717) is 6.42 Å². The fourth-order valence-corrected chi connectivity index (χ4v) is 1.19. The molecule has 1 aromatic rings. The van der Waals surface area contributed by atoms with Gasteiger partial charge >= 0.3 is 0 Å². The Balaban J connectivity index is 2.69. The highest BCUT2D eigenvalue weighted by molar-refractivity contribution is 5.90. The van der Waals surface area contributed by atoms with Crippen LogP contribution in [0.5, 0.6) is 0 Å². The number of carbonyl (C=O) groups excluding carboxylic acids is 1. The van der Waals surface area contributed by atoms with Crippen LogP contribution in [-0.2, 0) is 4.79 Å². The highest BCUT2D eigenvalue weighted by Gasteiger charge is 2.15. The number of benzene rings is 1. The highest BCUT2D eigenvalue weighted by Crippen LogP contribution is 2.19. The van der Waals surface area contributed by atoms with Crippen molar-refractivity contribution in [1.82, 2.24) is 0 Å². The van der Waals surface area contributed by atoms with Crippen molar-refractivity contribution in [3.05, 3.63) is 29.6 Å². The van der Waals surface area contributed by atoms with E-state index in [4.69, 9.17) is 5.73 Å². The predicted octanol–water partition coefficient (Wildman–Crippen LogP) is 2.17. The molecule has 3 N–H and O–H groups in total. The van der Waals surface area contributed by atoms with Gasteiger partial charge in [0.1, 0.15) is 0 Å². The molecule has 0 radical (unpaired) electrons. The molecule has 0 aliphatic rings. The molecule has 1 aromatic carbocycles. The second-order valence-corrected chi connectivity index (χ2v) is 3.79. The molecule has 0 saturated heterocycles. The van der Waals surface area contributed by atoms with E-state index in [1.54, 1.807) is 6.92 Å². The molecule has 0 bridgehead atoms. The summed E-state index contributed by atoms with van der Waals surface area (Å²) in [5.74, 6) is -4.79. The molecule has 0 aromatic heterocycles. The lowest BCUT2D eigenvalue weighted by atomic mass is 10.2. The molecule has 0 aliphatic carbocycles. The maximum absolute atomic E-state index is 13.2. The number of hydrogen-bond donors (Lipinski definition) is 2. The molecule has 6 heteroatoms. The fourth-order valence-electron chi connectivity index (χ4n) is 1.19. The Kier molecular flexibility index (Phi) is 4.51. The lowest BCUT2D eigenvalue weighted by molar-refractivity contribution is -0.116. The van der Waals surface area contributed by atoms with Crippen molar-refractivity contribution in [2.24, 2.45) is 5.73 Å². The van der Waals surface area contributed by atoms with Gasteiger partial charge < -0.3 is 11.1 Å². The summed E-state index contributed by atoms with van der Waals surface area (Å²) in [5, 5.41) is 2.16. The Hall–Kier alpha value is -1.56. The van der Waals surface area contributed by atoms with Crippen LogP contribution in [0.3, 0.4) is 0 Å². The lowest BCUT2D eigenvalue weighted by Crippen LogP contribution is -2.20. The smallest absolute Gasteiger partial charge is 0.224 e. The zero-order valence-electron chi connectivity index (χ0n) is 9.27. The monoisotopic (exact) mass is 246 g/mol. The molecular weight excluding hydrogens is 233 g/mol. The minimum Gasteiger partial charge on any atom is -0.328 e. The minimum absolute atomic E-state index is 0.0934. The van der Waals surface area contributed by atoms with E-state index >= 15 is 0 Å². The van der Waals surface area contributed by atoms with Gasteiger partial charge in [0.25, 0.3) is 0 Å². The van der Waals surface area contributed by atoms with Crippen molar-refractivity contribution in [3.8, 4) is 0 Å². The van der Waals surface area contributed by atoms with E-state index < -0.39 is 23.4 Å². The van der Waals surface area contributed by atoms with Crippen molar-refractivity contribution in [1.29, 1.82) is 0 Å². The van der Waals surface area contributed by atoms with Gasteiger partial charge in [-0.2, -0.15) is 0 Å². The van der Waals surface area contributed by atoms with Gasteiger partial charge in [0.15, 0.2) is 17.5 Å². The van der Waals surface area contributed by atoms with Gasteiger partial charge in [0.2, 0.25) is 5.91 Å². The number of nitrogens with two attached hydrogens (primary N) is 1.